The minimum absolute atomic E-state index is 0.129. The van der Waals surface area contributed by atoms with Crippen LogP contribution in [0.5, 0.6) is 0 Å². The number of carbonyl (C=O) groups is 2. The summed E-state index contributed by atoms with van der Waals surface area (Å²) in [6.07, 6.45) is 0.775. The normalized spacial score (nSPS) is 11.5. The summed E-state index contributed by atoms with van der Waals surface area (Å²) < 4.78 is 2.08. The molecule has 27 heavy (non-hydrogen) atoms. The lowest BCUT2D eigenvalue weighted by atomic mass is 9.93. The van der Waals surface area contributed by atoms with Crippen LogP contribution >= 0.6 is 0 Å². The van der Waals surface area contributed by atoms with E-state index in [-0.39, 0.29) is 18.9 Å². The van der Waals surface area contributed by atoms with Crippen molar-refractivity contribution in [2.75, 3.05) is 6.54 Å². The summed E-state index contributed by atoms with van der Waals surface area (Å²) in [4.78, 5) is 28.3. The van der Waals surface area contributed by atoms with Crippen molar-refractivity contribution in [2.45, 2.75) is 26.7 Å². The predicted octanol–water partition coefficient (Wildman–Crippen LogP) is 2.59. The van der Waals surface area contributed by atoms with E-state index in [4.69, 9.17) is 10.7 Å². The maximum absolute atomic E-state index is 12.2. The molecule has 1 aromatic heterocycles. The van der Waals surface area contributed by atoms with Crippen LogP contribution in [0, 0.1) is 5.41 Å². The van der Waals surface area contributed by atoms with Gasteiger partial charge in [-0.25, -0.2) is 4.98 Å². The van der Waals surface area contributed by atoms with Gasteiger partial charge in [0.05, 0.1) is 16.4 Å². The molecule has 0 atom stereocenters. The van der Waals surface area contributed by atoms with Crippen molar-refractivity contribution in [3.8, 4) is 5.69 Å². The summed E-state index contributed by atoms with van der Waals surface area (Å²) in [5, 5.41) is 2.79. The van der Waals surface area contributed by atoms with E-state index in [0.29, 0.717) is 6.42 Å². The molecule has 6 nitrogen and oxygen atoms in total. The fourth-order valence-electron chi connectivity index (χ4n) is 2.83. The van der Waals surface area contributed by atoms with Gasteiger partial charge in [0.2, 0.25) is 11.8 Å². The lowest BCUT2D eigenvalue weighted by molar-refractivity contribution is -0.127. The van der Waals surface area contributed by atoms with E-state index in [1.807, 2.05) is 54.6 Å². The van der Waals surface area contributed by atoms with Gasteiger partial charge in [0.15, 0.2) is 0 Å². The van der Waals surface area contributed by atoms with Crippen LogP contribution < -0.4 is 11.1 Å². The standard InChI is InChI=1S/C21H24N4O2/c1-21(2,20(22)27)14-23-19(26)13-12-18-24-16-10-6-7-11-17(16)25(18)15-8-4-3-5-9-15/h3-11H,12-14H2,1-2H3,(H2,22,27)(H,23,26). The highest BCUT2D eigenvalue weighted by Crippen LogP contribution is 2.22. The van der Waals surface area contributed by atoms with Gasteiger partial charge in [0.1, 0.15) is 5.82 Å². The van der Waals surface area contributed by atoms with Gasteiger partial charge in [-0.1, -0.05) is 30.3 Å². The number of hydrogen-bond acceptors (Lipinski definition) is 3. The fourth-order valence-corrected chi connectivity index (χ4v) is 2.83. The molecule has 0 aliphatic heterocycles. The Balaban J connectivity index is 1.77. The van der Waals surface area contributed by atoms with Gasteiger partial charge in [-0.3, -0.25) is 14.2 Å². The van der Waals surface area contributed by atoms with Gasteiger partial charge in [-0.05, 0) is 38.1 Å². The smallest absolute Gasteiger partial charge is 0.224 e. The fraction of sp³-hybridized carbons (Fsp3) is 0.286. The number of amides is 2. The number of nitrogens with two attached hydrogens (primary N) is 1. The molecule has 1 heterocycles. The monoisotopic (exact) mass is 364 g/mol. The van der Waals surface area contributed by atoms with Crippen molar-refractivity contribution < 1.29 is 9.59 Å². The minimum atomic E-state index is -0.771. The molecule has 3 rings (SSSR count). The molecule has 0 spiro atoms. The van der Waals surface area contributed by atoms with Crippen LogP contribution in [-0.4, -0.2) is 27.9 Å². The summed E-state index contributed by atoms with van der Waals surface area (Å²) in [6.45, 7) is 3.64. The summed E-state index contributed by atoms with van der Waals surface area (Å²) in [5.41, 5.74) is 7.49. The number of aryl methyl sites for hydroxylation is 1. The third kappa shape index (κ3) is 4.16. The Morgan fingerprint density at radius 2 is 1.74 bits per heavy atom. The molecule has 3 aromatic rings. The van der Waals surface area contributed by atoms with Crippen molar-refractivity contribution in [1.82, 2.24) is 14.9 Å². The lowest BCUT2D eigenvalue weighted by Gasteiger charge is -2.20. The second-order valence-electron chi connectivity index (χ2n) is 7.21. The lowest BCUT2D eigenvalue weighted by Crippen LogP contribution is -2.42. The van der Waals surface area contributed by atoms with Gasteiger partial charge in [-0.2, -0.15) is 0 Å². The Morgan fingerprint density at radius 3 is 2.44 bits per heavy atom. The Labute approximate surface area is 158 Å². The molecule has 0 saturated carbocycles. The molecular formula is C21H24N4O2. The average molecular weight is 364 g/mol. The molecule has 0 fully saturated rings. The highest BCUT2D eigenvalue weighted by molar-refractivity contribution is 5.82. The van der Waals surface area contributed by atoms with E-state index in [0.717, 1.165) is 22.5 Å². The zero-order valence-electron chi connectivity index (χ0n) is 15.6. The Morgan fingerprint density at radius 1 is 1.07 bits per heavy atom. The van der Waals surface area contributed by atoms with Crippen molar-refractivity contribution in [3.63, 3.8) is 0 Å². The molecule has 0 radical (unpaired) electrons. The zero-order chi connectivity index (χ0) is 19.4. The first-order chi connectivity index (χ1) is 12.9. The second-order valence-corrected chi connectivity index (χ2v) is 7.21. The number of primary amides is 1. The SMILES string of the molecule is CC(C)(CNC(=O)CCc1nc2ccccc2n1-c1ccccc1)C(N)=O. The number of imidazole rings is 1. The van der Waals surface area contributed by atoms with Crippen LogP contribution in [-0.2, 0) is 16.0 Å². The third-order valence-corrected chi connectivity index (χ3v) is 4.61. The summed E-state index contributed by atoms with van der Waals surface area (Å²) in [7, 11) is 0. The number of para-hydroxylation sites is 3. The number of aromatic nitrogens is 2. The topological polar surface area (TPSA) is 90.0 Å². The second kappa shape index (κ2) is 7.61. The van der Waals surface area contributed by atoms with Crippen LogP contribution in [0.25, 0.3) is 16.7 Å². The molecule has 0 aliphatic rings. The molecule has 0 unspecified atom stereocenters. The van der Waals surface area contributed by atoms with Crippen molar-refractivity contribution >= 4 is 22.8 Å². The summed E-state index contributed by atoms with van der Waals surface area (Å²) in [6, 6.07) is 17.9. The molecule has 2 aromatic carbocycles. The number of nitrogens with zero attached hydrogens (tertiary/aromatic N) is 2. The van der Waals surface area contributed by atoms with Gasteiger partial charge < -0.3 is 11.1 Å². The largest absolute Gasteiger partial charge is 0.369 e. The Hall–Kier alpha value is -3.15. The number of benzene rings is 2. The van der Waals surface area contributed by atoms with Gasteiger partial charge >= 0.3 is 0 Å². The van der Waals surface area contributed by atoms with Crippen molar-refractivity contribution in [3.05, 3.63) is 60.4 Å². The molecule has 0 aliphatic carbocycles. The number of nitrogens with one attached hydrogen (secondary N) is 1. The van der Waals surface area contributed by atoms with Crippen LogP contribution in [0.1, 0.15) is 26.1 Å². The van der Waals surface area contributed by atoms with Gasteiger partial charge in [0.25, 0.3) is 0 Å². The quantitative estimate of drug-likeness (QED) is 0.675. The molecule has 0 saturated heterocycles. The van der Waals surface area contributed by atoms with Crippen LogP contribution in [0.3, 0.4) is 0 Å². The van der Waals surface area contributed by atoms with Crippen LogP contribution in [0.2, 0.25) is 0 Å². The van der Waals surface area contributed by atoms with E-state index in [2.05, 4.69) is 9.88 Å². The first kappa shape index (κ1) is 18.6. The molecule has 140 valence electrons. The van der Waals surface area contributed by atoms with Crippen LogP contribution in [0.4, 0.5) is 0 Å². The maximum Gasteiger partial charge on any atom is 0.224 e. The summed E-state index contributed by atoms with van der Waals surface area (Å²) >= 11 is 0. The Bertz CT molecular complexity index is 961. The first-order valence-electron chi connectivity index (χ1n) is 8.97. The minimum Gasteiger partial charge on any atom is -0.369 e. The van der Waals surface area contributed by atoms with E-state index >= 15 is 0 Å². The zero-order valence-corrected chi connectivity index (χ0v) is 15.6. The highest BCUT2D eigenvalue weighted by atomic mass is 16.2. The molecule has 3 N–H and O–H groups in total. The van der Waals surface area contributed by atoms with E-state index < -0.39 is 11.3 Å². The van der Waals surface area contributed by atoms with E-state index in [1.165, 1.54) is 0 Å². The number of fused-ring (bicyclic) bond motifs is 1. The molecular weight excluding hydrogens is 340 g/mol. The number of carbonyl (C=O) groups excluding carboxylic acids is 2. The predicted molar refractivity (Wildman–Crippen MR) is 105 cm³/mol. The summed E-state index contributed by atoms with van der Waals surface area (Å²) in [5.74, 6) is 0.261. The molecule has 6 heteroatoms. The maximum atomic E-state index is 12.2. The van der Waals surface area contributed by atoms with Crippen molar-refractivity contribution in [1.29, 1.82) is 0 Å². The number of rotatable bonds is 7. The third-order valence-electron chi connectivity index (χ3n) is 4.61. The van der Waals surface area contributed by atoms with E-state index in [1.54, 1.807) is 13.8 Å². The first-order valence-corrected chi connectivity index (χ1v) is 8.97. The van der Waals surface area contributed by atoms with Gasteiger partial charge in [0, 0.05) is 25.1 Å². The van der Waals surface area contributed by atoms with Crippen LogP contribution in [0.15, 0.2) is 54.6 Å². The average Bonchev–Trinajstić information content (AvgIpc) is 3.03. The highest BCUT2D eigenvalue weighted by Gasteiger charge is 2.25. The van der Waals surface area contributed by atoms with Gasteiger partial charge in [-0.15, -0.1) is 0 Å². The molecule has 0 bridgehead atoms. The van der Waals surface area contributed by atoms with Crippen molar-refractivity contribution in [2.24, 2.45) is 11.1 Å². The Kier molecular flexibility index (Phi) is 5.26. The van der Waals surface area contributed by atoms with E-state index in [9.17, 15) is 9.59 Å². The number of hydrogen-bond donors (Lipinski definition) is 2. The molecule has 2 amide bonds.